The van der Waals surface area contributed by atoms with Crippen LogP contribution in [0, 0.1) is 0 Å². The van der Waals surface area contributed by atoms with Crippen molar-refractivity contribution in [2.75, 3.05) is 0 Å². The minimum Gasteiger partial charge on any atom is -0.481 e. The number of carboxylic acids is 1. The van der Waals surface area contributed by atoms with Gasteiger partial charge in [-0.2, -0.15) is 0 Å². The minimum absolute atomic E-state index is 0.0670. The lowest BCUT2D eigenvalue weighted by atomic mass is 10.0. The number of rotatable bonds is 17. The molecule has 0 rings (SSSR count). The Balaban J connectivity index is 4.34. The molecule has 4 N–H and O–H groups in total. The van der Waals surface area contributed by atoms with Gasteiger partial charge in [0.05, 0.1) is 31.2 Å². The monoisotopic (exact) mass is 390 g/mol. The van der Waals surface area contributed by atoms with Gasteiger partial charge < -0.3 is 25.2 Å². The zero-order chi connectivity index (χ0) is 20.7. The van der Waals surface area contributed by atoms with Gasteiger partial charge in [-0.3, -0.25) is 9.59 Å². The molecule has 0 aliphatic carbocycles. The first-order chi connectivity index (χ1) is 12.8. The van der Waals surface area contributed by atoms with Crippen molar-refractivity contribution in [2.24, 2.45) is 0 Å². The van der Waals surface area contributed by atoms with Crippen molar-refractivity contribution >= 4 is 11.9 Å². The molecule has 0 saturated carbocycles. The molecule has 0 aliphatic heterocycles. The van der Waals surface area contributed by atoms with Crippen molar-refractivity contribution in [1.29, 1.82) is 0 Å². The fourth-order valence-corrected chi connectivity index (χ4v) is 2.99. The lowest BCUT2D eigenvalue weighted by Crippen LogP contribution is -2.29. The topological polar surface area (TPSA) is 124 Å². The second kappa shape index (κ2) is 15.8. The maximum Gasteiger partial charge on any atom is 0.308 e. The van der Waals surface area contributed by atoms with Crippen LogP contribution in [0.1, 0.15) is 90.9 Å². The molecular formula is C20H38O7. The standard InChI is InChI=1S/C20H38O7/c1-3-5-7-9-15(21)11-17(23)13-20(26)27-18(14-19(24)25)12-16(22)10-8-6-4-2/h15-18,21-23H,3-14H2,1-2H3,(H,24,25)/t15-,16+,17-,18-/m0/s1. The van der Waals surface area contributed by atoms with Crippen molar-refractivity contribution in [3.63, 3.8) is 0 Å². The van der Waals surface area contributed by atoms with Crippen LogP contribution in [-0.2, 0) is 14.3 Å². The third-order valence-electron chi connectivity index (χ3n) is 4.46. The van der Waals surface area contributed by atoms with Crippen LogP contribution in [0.4, 0.5) is 0 Å². The molecule has 0 fully saturated rings. The Kier molecular flexibility index (Phi) is 15.1. The number of esters is 1. The lowest BCUT2D eigenvalue weighted by Gasteiger charge is -2.21. The first kappa shape index (κ1) is 25.8. The molecule has 0 aliphatic rings. The van der Waals surface area contributed by atoms with Crippen molar-refractivity contribution in [3.05, 3.63) is 0 Å². The summed E-state index contributed by atoms with van der Waals surface area (Å²) in [6.07, 6.45) is 2.97. The van der Waals surface area contributed by atoms with E-state index in [0.29, 0.717) is 12.8 Å². The summed E-state index contributed by atoms with van der Waals surface area (Å²) >= 11 is 0. The summed E-state index contributed by atoms with van der Waals surface area (Å²) in [5.41, 5.74) is 0. The number of aliphatic carboxylic acids is 1. The molecule has 0 heterocycles. The summed E-state index contributed by atoms with van der Waals surface area (Å²) in [6.45, 7) is 4.11. The first-order valence-corrected chi connectivity index (χ1v) is 10.2. The van der Waals surface area contributed by atoms with Crippen LogP contribution in [0.25, 0.3) is 0 Å². The Morgan fingerprint density at radius 2 is 1.30 bits per heavy atom. The van der Waals surface area contributed by atoms with Gasteiger partial charge in [-0.25, -0.2) is 0 Å². The van der Waals surface area contributed by atoms with Crippen LogP contribution in [0.5, 0.6) is 0 Å². The molecule has 0 aromatic rings. The predicted molar refractivity (Wildman–Crippen MR) is 102 cm³/mol. The normalized spacial score (nSPS) is 15.7. The van der Waals surface area contributed by atoms with Gasteiger partial charge in [-0.15, -0.1) is 0 Å². The van der Waals surface area contributed by atoms with Gasteiger partial charge in [0.25, 0.3) is 0 Å². The summed E-state index contributed by atoms with van der Waals surface area (Å²) in [7, 11) is 0. The van der Waals surface area contributed by atoms with E-state index in [0.717, 1.165) is 38.5 Å². The van der Waals surface area contributed by atoms with Gasteiger partial charge in [-0.05, 0) is 19.3 Å². The number of carboxylic acid groups (broad SMARTS) is 1. The van der Waals surface area contributed by atoms with Gasteiger partial charge in [0.15, 0.2) is 0 Å². The van der Waals surface area contributed by atoms with Crippen LogP contribution < -0.4 is 0 Å². The maximum absolute atomic E-state index is 12.0. The highest BCUT2D eigenvalue weighted by atomic mass is 16.5. The molecule has 160 valence electrons. The Labute approximate surface area is 162 Å². The van der Waals surface area contributed by atoms with Gasteiger partial charge in [0.1, 0.15) is 6.10 Å². The van der Waals surface area contributed by atoms with Gasteiger partial charge in [0, 0.05) is 6.42 Å². The van der Waals surface area contributed by atoms with E-state index in [-0.39, 0.29) is 25.7 Å². The molecule has 0 bridgehead atoms. The number of aliphatic hydroxyl groups excluding tert-OH is 3. The summed E-state index contributed by atoms with van der Waals surface area (Å²) in [4.78, 5) is 23.0. The van der Waals surface area contributed by atoms with Gasteiger partial charge >= 0.3 is 11.9 Å². The molecule has 27 heavy (non-hydrogen) atoms. The summed E-state index contributed by atoms with van der Waals surface area (Å²) < 4.78 is 5.17. The molecule has 4 atom stereocenters. The van der Waals surface area contributed by atoms with E-state index in [9.17, 15) is 24.9 Å². The molecule has 7 nitrogen and oxygen atoms in total. The maximum atomic E-state index is 12.0. The summed E-state index contributed by atoms with van der Waals surface area (Å²) in [6, 6.07) is 0. The van der Waals surface area contributed by atoms with Crippen LogP contribution >= 0.6 is 0 Å². The van der Waals surface area contributed by atoms with Crippen molar-refractivity contribution in [2.45, 2.75) is 115 Å². The fraction of sp³-hybridized carbons (Fsp3) is 0.900. The van der Waals surface area contributed by atoms with Crippen molar-refractivity contribution in [1.82, 2.24) is 0 Å². The number of ether oxygens (including phenoxy) is 1. The molecule has 7 heteroatoms. The van der Waals surface area contributed by atoms with Gasteiger partial charge in [0.2, 0.25) is 0 Å². The van der Waals surface area contributed by atoms with E-state index in [1.54, 1.807) is 0 Å². The summed E-state index contributed by atoms with van der Waals surface area (Å²) in [5, 5.41) is 38.8. The second-order valence-corrected chi connectivity index (χ2v) is 7.34. The second-order valence-electron chi connectivity index (χ2n) is 7.34. The zero-order valence-electron chi connectivity index (χ0n) is 16.8. The lowest BCUT2D eigenvalue weighted by molar-refractivity contribution is -0.156. The SMILES string of the molecule is CCCCC[C@@H](O)C[C@@H](CC(=O)O)OC(=O)C[C@@H](O)C[C@@H](O)CCCCC. The third-order valence-corrected chi connectivity index (χ3v) is 4.46. The molecule has 0 aromatic carbocycles. The Morgan fingerprint density at radius 1 is 0.778 bits per heavy atom. The molecule has 0 aromatic heterocycles. The first-order valence-electron chi connectivity index (χ1n) is 10.2. The van der Waals surface area contributed by atoms with Crippen molar-refractivity contribution < 1.29 is 34.8 Å². The Hall–Kier alpha value is -1.18. The number of hydrogen-bond donors (Lipinski definition) is 4. The van der Waals surface area contributed by atoms with Crippen LogP contribution in [0.15, 0.2) is 0 Å². The molecule has 0 unspecified atom stereocenters. The van der Waals surface area contributed by atoms with E-state index in [1.165, 1.54) is 0 Å². The number of hydrogen-bond acceptors (Lipinski definition) is 6. The molecule has 0 spiro atoms. The van der Waals surface area contributed by atoms with Crippen LogP contribution in [0.3, 0.4) is 0 Å². The highest BCUT2D eigenvalue weighted by Gasteiger charge is 2.23. The summed E-state index contributed by atoms with van der Waals surface area (Å²) in [5.74, 6) is -1.82. The van der Waals surface area contributed by atoms with Crippen LogP contribution in [-0.4, -0.2) is 56.8 Å². The molecular weight excluding hydrogens is 352 g/mol. The zero-order valence-corrected chi connectivity index (χ0v) is 16.8. The average molecular weight is 391 g/mol. The highest BCUT2D eigenvalue weighted by molar-refractivity contribution is 5.71. The van der Waals surface area contributed by atoms with Crippen LogP contribution in [0.2, 0.25) is 0 Å². The smallest absolute Gasteiger partial charge is 0.308 e. The van der Waals surface area contributed by atoms with Gasteiger partial charge in [-0.1, -0.05) is 52.4 Å². The van der Waals surface area contributed by atoms with Crippen molar-refractivity contribution in [3.8, 4) is 0 Å². The third kappa shape index (κ3) is 15.6. The highest BCUT2D eigenvalue weighted by Crippen LogP contribution is 2.16. The van der Waals surface area contributed by atoms with E-state index in [2.05, 4.69) is 6.92 Å². The number of carbonyl (C=O) groups is 2. The number of carbonyl (C=O) groups excluding carboxylic acids is 1. The molecule has 0 radical (unpaired) electrons. The average Bonchev–Trinajstić information content (AvgIpc) is 2.54. The minimum atomic E-state index is -1.11. The molecule has 0 amide bonds. The van der Waals surface area contributed by atoms with E-state index in [1.807, 2.05) is 6.92 Å². The number of aliphatic hydroxyl groups is 3. The quantitative estimate of drug-likeness (QED) is 0.222. The Morgan fingerprint density at radius 3 is 1.78 bits per heavy atom. The van der Waals surface area contributed by atoms with E-state index >= 15 is 0 Å². The Bertz CT molecular complexity index is 400. The van der Waals surface area contributed by atoms with E-state index in [4.69, 9.17) is 9.84 Å². The molecule has 0 saturated heterocycles. The largest absolute Gasteiger partial charge is 0.481 e. The predicted octanol–water partition coefficient (Wildman–Crippen LogP) is 2.79. The fourth-order valence-electron chi connectivity index (χ4n) is 2.99. The van der Waals surface area contributed by atoms with E-state index < -0.39 is 36.4 Å². The number of unbranched alkanes of at least 4 members (excludes halogenated alkanes) is 4.